The Kier molecular flexibility index (Phi) is 5.72. The van der Waals surface area contributed by atoms with E-state index in [1.54, 1.807) is 0 Å². The summed E-state index contributed by atoms with van der Waals surface area (Å²) in [5.74, 6) is -0.883. The molecule has 166 valence electrons. The SMILES string of the molecule is Cc1c(Br)sc(C(=O)O)c1C1=C2C=CC(=[N+](C)C)C=C2[Si](C)(C)c2cc(N(C)C)ccc21. The van der Waals surface area contributed by atoms with Crippen LogP contribution in [-0.2, 0) is 0 Å². The van der Waals surface area contributed by atoms with Crippen LogP contribution >= 0.6 is 27.3 Å². The van der Waals surface area contributed by atoms with Crippen molar-refractivity contribution in [2.75, 3.05) is 33.1 Å². The molecule has 2 aromatic rings. The Morgan fingerprint density at radius 2 is 1.88 bits per heavy atom. The molecule has 0 amide bonds. The highest BCUT2D eigenvalue weighted by atomic mass is 79.9. The summed E-state index contributed by atoms with van der Waals surface area (Å²) in [4.78, 5) is 14.8. The second kappa shape index (κ2) is 7.97. The molecule has 1 aliphatic heterocycles. The van der Waals surface area contributed by atoms with Crippen molar-refractivity contribution in [3.05, 3.63) is 72.6 Å². The first-order valence-electron chi connectivity index (χ1n) is 10.5. The number of allylic oxidation sites excluding steroid dienone is 5. The van der Waals surface area contributed by atoms with Gasteiger partial charge in [0.1, 0.15) is 27.0 Å². The lowest BCUT2D eigenvalue weighted by Crippen LogP contribution is -2.49. The lowest BCUT2D eigenvalue weighted by Gasteiger charge is -2.38. The van der Waals surface area contributed by atoms with Crippen LogP contribution in [0.15, 0.2) is 51.0 Å². The molecule has 4 rings (SSSR count). The molecular weight excluding hydrogens is 500 g/mol. The molecule has 0 spiro atoms. The number of carbonyl (C=O) groups is 1. The minimum Gasteiger partial charge on any atom is -0.477 e. The molecule has 1 aliphatic carbocycles. The van der Waals surface area contributed by atoms with E-state index in [9.17, 15) is 9.90 Å². The van der Waals surface area contributed by atoms with Crippen molar-refractivity contribution in [3.63, 3.8) is 0 Å². The molecule has 1 N–H and O–H groups in total. The zero-order valence-electron chi connectivity index (χ0n) is 19.5. The second-order valence-corrected chi connectivity index (χ2v) is 15.9. The van der Waals surface area contributed by atoms with Crippen LogP contribution in [0, 0.1) is 6.92 Å². The van der Waals surface area contributed by atoms with Crippen LogP contribution in [-0.4, -0.2) is 57.6 Å². The number of nitrogens with zero attached hydrogens (tertiary/aromatic N) is 2. The van der Waals surface area contributed by atoms with Gasteiger partial charge in [0.25, 0.3) is 0 Å². The topological polar surface area (TPSA) is 43.5 Å². The second-order valence-electron chi connectivity index (χ2n) is 9.26. The summed E-state index contributed by atoms with van der Waals surface area (Å²) in [7, 11) is 6.19. The standard InChI is InChI=1S/C25H27BrN2O2SSi/c1-14-21(23(25(29)30)31-24(14)26)22-17-10-8-15(27(2)3)12-19(17)32(6,7)20-13-16(28(4)5)9-11-18(20)22/h8-13H,1-7H3/p+1. The molecule has 0 bridgehead atoms. The number of fused-ring (bicyclic) bond motifs is 2. The van der Waals surface area contributed by atoms with Crippen LogP contribution in [0.3, 0.4) is 0 Å². The Labute approximate surface area is 203 Å². The minimum atomic E-state index is -2.05. The summed E-state index contributed by atoms with van der Waals surface area (Å²) in [6.45, 7) is 6.80. The molecular formula is C25H28BrN2O2SSi+. The van der Waals surface area contributed by atoms with E-state index in [1.165, 1.54) is 21.7 Å². The van der Waals surface area contributed by atoms with E-state index >= 15 is 0 Å². The van der Waals surface area contributed by atoms with E-state index < -0.39 is 14.0 Å². The van der Waals surface area contributed by atoms with Crippen molar-refractivity contribution < 1.29 is 14.5 Å². The Balaban J connectivity index is 2.17. The van der Waals surface area contributed by atoms with Crippen LogP contribution in [0.2, 0.25) is 13.1 Å². The Morgan fingerprint density at radius 3 is 2.47 bits per heavy atom. The van der Waals surface area contributed by atoms with E-state index in [0.717, 1.165) is 43.0 Å². The lowest BCUT2D eigenvalue weighted by atomic mass is 9.88. The van der Waals surface area contributed by atoms with Gasteiger partial charge in [0.2, 0.25) is 0 Å². The molecule has 0 atom stereocenters. The average Bonchev–Trinajstić information content (AvgIpc) is 3.02. The quantitative estimate of drug-likeness (QED) is 0.447. The van der Waals surface area contributed by atoms with Crippen molar-refractivity contribution in [2.24, 2.45) is 0 Å². The highest BCUT2D eigenvalue weighted by Gasteiger charge is 2.41. The van der Waals surface area contributed by atoms with Gasteiger partial charge in [0, 0.05) is 37.5 Å². The summed E-state index contributed by atoms with van der Waals surface area (Å²) in [5, 5.41) is 12.7. The molecule has 0 radical (unpaired) electrons. The number of anilines is 1. The number of hydrogen-bond acceptors (Lipinski definition) is 3. The fourth-order valence-electron chi connectivity index (χ4n) is 4.59. The number of thiophene rings is 1. The molecule has 1 aromatic heterocycles. The van der Waals surface area contributed by atoms with E-state index in [-0.39, 0.29) is 0 Å². The van der Waals surface area contributed by atoms with Crippen molar-refractivity contribution in [2.45, 2.75) is 20.0 Å². The number of halogens is 1. The fourth-order valence-corrected chi connectivity index (χ4v) is 9.22. The first-order chi connectivity index (χ1) is 14.9. The third-order valence-corrected chi connectivity index (χ3v) is 12.1. The number of rotatable bonds is 3. The largest absolute Gasteiger partial charge is 0.477 e. The fraction of sp³-hybridized carbons (Fsp3) is 0.280. The molecule has 1 aromatic carbocycles. The number of aromatic carboxylic acids is 1. The highest BCUT2D eigenvalue weighted by molar-refractivity contribution is 9.11. The van der Waals surface area contributed by atoms with Crippen LogP contribution < -0.4 is 10.1 Å². The minimum absolute atomic E-state index is 0.385. The molecule has 2 heterocycles. The number of carboxylic acid groups (broad SMARTS) is 1. The predicted molar refractivity (Wildman–Crippen MR) is 142 cm³/mol. The molecule has 0 fully saturated rings. The summed E-state index contributed by atoms with van der Waals surface area (Å²) < 4.78 is 3.00. The third kappa shape index (κ3) is 3.47. The van der Waals surface area contributed by atoms with Crippen molar-refractivity contribution in [1.82, 2.24) is 0 Å². The van der Waals surface area contributed by atoms with E-state index in [0.29, 0.717) is 4.88 Å². The van der Waals surface area contributed by atoms with Gasteiger partial charge < -0.3 is 10.0 Å². The van der Waals surface area contributed by atoms with Crippen LogP contribution in [0.25, 0.3) is 5.57 Å². The maximum atomic E-state index is 12.2. The summed E-state index contributed by atoms with van der Waals surface area (Å²) in [6.07, 6.45) is 6.64. The van der Waals surface area contributed by atoms with Crippen LogP contribution in [0.5, 0.6) is 0 Å². The van der Waals surface area contributed by atoms with E-state index in [1.807, 2.05) is 6.92 Å². The smallest absolute Gasteiger partial charge is 0.346 e. The van der Waals surface area contributed by atoms with Gasteiger partial charge >= 0.3 is 5.97 Å². The molecule has 0 saturated heterocycles. The van der Waals surface area contributed by atoms with Crippen LogP contribution in [0.4, 0.5) is 5.69 Å². The Morgan fingerprint density at radius 1 is 1.19 bits per heavy atom. The molecule has 7 heteroatoms. The van der Waals surface area contributed by atoms with Gasteiger partial charge in [-0.15, -0.1) is 11.3 Å². The van der Waals surface area contributed by atoms with Crippen molar-refractivity contribution in [1.29, 1.82) is 0 Å². The van der Waals surface area contributed by atoms with E-state index in [4.69, 9.17) is 0 Å². The highest BCUT2D eigenvalue weighted by Crippen LogP contribution is 2.46. The third-order valence-electron chi connectivity index (χ3n) is 6.46. The van der Waals surface area contributed by atoms with Crippen molar-refractivity contribution in [3.8, 4) is 0 Å². The average molecular weight is 529 g/mol. The van der Waals surface area contributed by atoms with Gasteiger partial charge in [0.15, 0.2) is 5.71 Å². The summed E-state index contributed by atoms with van der Waals surface area (Å²) in [5.41, 5.74) is 7.50. The van der Waals surface area contributed by atoms with Gasteiger partial charge in [0.05, 0.1) is 3.79 Å². The summed E-state index contributed by atoms with van der Waals surface area (Å²) in [6, 6.07) is 6.64. The maximum absolute atomic E-state index is 12.2. The first kappa shape index (κ1) is 23.0. The van der Waals surface area contributed by atoms with Gasteiger partial charge in [-0.2, -0.15) is 0 Å². The zero-order chi connectivity index (χ0) is 23.5. The van der Waals surface area contributed by atoms with Gasteiger partial charge in [-0.25, -0.2) is 9.37 Å². The van der Waals surface area contributed by atoms with E-state index in [2.05, 4.69) is 103 Å². The normalized spacial score (nSPS) is 16.5. The molecule has 32 heavy (non-hydrogen) atoms. The van der Waals surface area contributed by atoms with Gasteiger partial charge in [-0.3, -0.25) is 0 Å². The lowest BCUT2D eigenvalue weighted by molar-refractivity contribution is -0.462. The Hall–Kier alpha value is -2.22. The first-order valence-corrected chi connectivity index (χ1v) is 15.1. The van der Waals surface area contributed by atoms with Gasteiger partial charge in [-0.05, 0) is 73.7 Å². The summed E-state index contributed by atoms with van der Waals surface area (Å²) >= 11 is 4.90. The number of carboxylic acids is 1. The van der Waals surface area contributed by atoms with Crippen LogP contribution in [0.1, 0.15) is 26.4 Å². The number of hydrogen-bond donors (Lipinski definition) is 1. The predicted octanol–water partition coefficient (Wildman–Crippen LogP) is 5.06. The molecule has 0 unspecified atom stereocenters. The zero-order valence-corrected chi connectivity index (χ0v) is 22.9. The Bertz CT molecular complexity index is 1290. The maximum Gasteiger partial charge on any atom is 0.346 e. The molecule has 0 saturated carbocycles. The monoisotopic (exact) mass is 527 g/mol. The van der Waals surface area contributed by atoms with Crippen molar-refractivity contribution >= 4 is 63.5 Å². The molecule has 2 aliphatic rings. The van der Waals surface area contributed by atoms with Gasteiger partial charge in [-0.1, -0.05) is 19.2 Å². The molecule has 4 nitrogen and oxygen atoms in total. The number of benzene rings is 1.